The number of aromatic nitrogens is 3. The van der Waals surface area contributed by atoms with Gasteiger partial charge < -0.3 is 19.5 Å². The summed E-state index contributed by atoms with van der Waals surface area (Å²) in [5.74, 6) is 2.40. The van der Waals surface area contributed by atoms with Gasteiger partial charge in [-0.3, -0.25) is 4.98 Å². The highest BCUT2D eigenvalue weighted by atomic mass is 35.5. The number of benzene rings is 2. The fraction of sp³-hybridized carbons (Fsp3) is 0.217. The van der Waals surface area contributed by atoms with Crippen LogP contribution in [-0.4, -0.2) is 33.7 Å². The Morgan fingerprint density at radius 1 is 1.07 bits per heavy atom. The fourth-order valence-electron chi connectivity index (χ4n) is 3.94. The number of halogens is 1. The van der Waals surface area contributed by atoms with E-state index < -0.39 is 0 Å². The number of anilines is 2. The average Bonchev–Trinajstić information content (AvgIpc) is 3.40. The molecule has 0 radical (unpaired) electrons. The molecular weight excluding hydrogens is 398 g/mol. The van der Waals surface area contributed by atoms with Crippen LogP contribution in [0.15, 0.2) is 67.0 Å². The molecule has 1 fully saturated rings. The topological polar surface area (TPSA) is 55.2 Å². The number of nitrogens with zero attached hydrogens (tertiary/aromatic N) is 4. The Hall–Kier alpha value is -3.09. The van der Waals surface area contributed by atoms with Gasteiger partial charge in [0.2, 0.25) is 5.95 Å². The van der Waals surface area contributed by atoms with E-state index in [2.05, 4.69) is 45.0 Å². The number of fused-ring (bicyclic) bond motifs is 1. The number of hydrogen-bond acceptors (Lipinski definition) is 5. The third-order valence-corrected chi connectivity index (χ3v) is 5.69. The monoisotopic (exact) mass is 419 g/mol. The minimum absolute atomic E-state index is 0.328. The second-order valence-electron chi connectivity index (χ2n) is 7.40. The Labute approximate surface area is 180 Å². The first kappa shape index (κ1) is 18.9. The van der Waals surface area contributed by atoms with Crippen molar-refractivity contribution < 1.29 is 4.74 Å². The van der Waals surface area contributed by atoms with E-state index >= 15 is 0 Å². The Morgan fingerprint density at radius 2 is 1.87 bits per heavy atom. The summed E-state index contributed by atoms with van der Waals surface area (Å²) < 4.78 is 8.10. The second-order valence-corrected chi connectivity index (χ2v) is 7.84. The van der Waals surface area contributed by atoms with Gasteiger partial charge in [-0.05, 0) is 61.5 Å². The minimum Gasteiger partial charge on any atom is -0.457 e. The van der Waals surface area contributed by atoms with E-state index in [0.717, 1.165) is 58.7 Å². The molecule has 1 N–H and O–H groups in total. The molecule has 0 saturated carbocycles. The Bertz CT molecular complexity index is 1150. The molecule has 152 valence electrons. The smallest absolute Gasteiger partial charge is 0.211 e. The molecule has 1 aliphatic rings. The SMILES string of the molecule is Cn1c(N(c2ccc(Cl)cc2)[C@H]2CCNC2)nc2cc(Oc3ccncc3)ccc21. The predicted octanol–water partition coefficient (Wildman–Crippen LogP) is 4.91. The van der Waals surface area contributed by atoms with Crippen molar-refractivity contribution in [3.8, 4) is 11.5 Å². The van der Waals surface area contributed by atoms with E-state index in [4.69, 9.17) is 21.3 Å². The number of rotatable bonds is 5. The van der Waals surface area contributed by atoms with Crippen molar-refractivity contribution in [1.29, 1.82) is 0 Å². The third kappa shape index (κ3) is 3.60. The summed E-state index contributed by atoms with van der Waals surface area (Å²) in [6.07, 6.45) is 4.49. The standard InChI is InChI=1S/C23H22ClN5O/c1-28-22-7-6-20(30-19-9-12-25-13-10-19)14-21(22)27-23(28)29(18-8-11-26-15-18)17-4-2-16(24)3-5-17/h2-7,9-10,12-14,18,26H,8,11,15H2,1H3/t18-/m0/s1. The van der Waals surface area contributed by atoms with E-state index in [1.54, 1.807) is 12.4 Å². The molecule has 6 nitrogen and oxygen atoms in total. The van der Waals surface area contributed by atoms with Crippen LogP contribution in [-0.2, 0) is 7.05 Å². The lowest BCUT2D eigenvalue weighted by molar-refractivity contribution is 0.482. The van der Waals surface area contributed by atoms with E-state index in [1.807, 2.05) is 36.4 Å². The van der Waals surface area contributed by atoms with E-state index in [-0.39, 0.29) is 0 Å². The molecular formula is C23H22ClN5O. The van der Waals surface area contributed by atoms with Crippen LogP contribution in [0.4, 0.5) is 11.6 Å². The quantitative estimate of drug-likeness (QED) is 0.498. The van der Waals surface area contributed by atoms with Crippen molar-refractivity contribution in [1.82, 2.24) is 19.9 Å². The first-order valence-corrected chi connectivity index (χ1v) is 10.4. The van der Waals surface area contributed by atoms with Gasteiger partial charge in [0, 0.05) is 42.8 Å². The molecule has 1 saturated heterocycles. The predicted molar refractivity (Wildman–Crippen MR) is 120 cm³/mol. The Kier molecular flexibility index (Phi) is 5.02. The molecule has 3 heterocycles. The molecule has 5 rings (SSSR count). The summed E-state index contributed by atoms with van der Waals surface area (Å²) in [5, 5.41) is 4.19. The zero-order chi connectivity index (χ0) is 20.5. The zero-order valence-electron chi connectivity index (χ0n) is 16.6. The largest absolute Gasteiger partial charge is 0.457 e. The Morgan fingerprint density at radius 3 is 2.60 bits per heavy atom. The molecule has 0 aliphatic carbocycles. The zero-order valence-corrected chi connectivity index (χ0v) is 17.4. The van der Waals surface area contributed by atoms with Crippen LogP contribution in [0.5, 0.6) is 11.5 Å². The van der Waals surface area contributed by atoms with Gasteiger partial charge in [0.15, 0.2) is 0 Å². The van der Waals surface area contributed by atoms with Crippen molar-refractivity contribution in [3.63, 3.8) is 0 Å². The highest BCUT2D eigenvalue weighted by molar-refractivity contribution is 6.30. The van der Waals surface area contributed by atoms with Crippen molar-refractivity contribution in [3.05, 3.63) is 72.0 Å². The number of pyridine rings is 1. The molecule has 1 atom stereocenters. The van der Waals surface area contributed by atoms with Gasteiger partial charge in [-0.1, -0.05) is 11.6 Å². The van der Waals surface area contributed by atoms with E-state index in [1.165, 1.54) is 0 Å². The summed E-state index contributed by atoms with van der Waals surface area (Å²) in [4.78, 5) is 11.3. The number of aryl methyl sites for hydroxylation is 1. The minimum atomic E-state index is 0.328. The fourth-order valence-corrected chi connectivity index (χ4v) is 4.07. The summed E-state index contributed by atoms with van der Waals surface area (Å²) >= 11 is 6.13. The molecule has 0 amide bonds. The summed E-state index contributed by atoms with van der Waals surface area (Å²) in [6.45, 7) is 1.92. The van der Waals surface area contributed by atoms with Crippen molar-refractivity contribution in [2.45, 2.75) is 12.5 Å². The number of nitrogens with one attached hydrogen (secondary N) is 1. The lowest BCUT2D eigenvalue weighted by Gasteiger charge is -2.29. The maximum Gasteiger partial charge on any atom is 0.211 e. The highest BCUT2D eigenvalue weighted by Gasteiger charge is 2.27. The summed E-state index contributed by atoms with van der Waals surface area (Å²) in [6, 6.07) is 18.0. The maximum absolute atomic E-state index is 6.13. The van der Waals surface area contributed by atoms with E-state index in [0.29, 0.717) is 6.04 Å². The first-order valence-electron chi connectivity index (χ1n) is 9.99. The van der Waals surface area contributed by atoms with Crippen LogP contribution in [0, 0.1) is 0 Å². The lowest BCUT2D eigenvalue weighted by Crippen LogP contribution is -2.34. The van der Waals surface area contributed by atoms with Gasteiger partial charge in [0.25, 0.3) is 0 Å². The third-order valence-electron chi connectivity index (χ3n) is 5.43. The maximum atomic E-state index is 6.13. The molecule has 0 spiro atoms. The van der Waals surface area contributed by atoms with Crippen molar-refractivity contribution >= 4 is 34.3 Å². The average molecular weight is 420 g/mol. The molecule has 30 heavy (non-hydrogen) atoms. The van der Waals surface area contributed by atoms with Crippen LogP contribution < -0.4 is 15.0 Å². The molecule has 2 aromatic heterocycles. The van der Waals surface area contributed by atoms with Crippen molar-refractivity contribution in [2.75, 3.05) is 18.0 Å². The van der Waals surface area contributed by atoms with Gasteiger partial charge >= 0.3 is 0 Å². The number of imidazole rings is 1. The summed E-state index contributed by atoms with van der Waals surface area (Å²) in [5.41, 5.74) is 3.03. The van der Waals surface area contributed by atoms with Crippen LogP contribution in [0.25, 0.3) is 11.0 Å². The van der Waals surface area contributed by atoms with Gasteiger partial charge in [0.1, 0.15) is 11.5 Å². The molecule has 4 aromatic rings. The lowest BCUT2D eigenvalue weighted by atomic mass is 10.2. The summed E-state index contributed by atoms with van der Waals surface area (Å²) in [7, 11) is 2.05. The van der Waals surface area contributed by atoms with E-state index in [9.17, 15) is 0 Å². The molecule has 7 heteroatoms. The van der Waals surface area contributed by atoms with Crippen molar-refractivity contribution in [2.24, 2.45) is 7.05 Å². The normalized spacial score (nSPS) is 16.1. The molecule has 2 aromatic carbocycles. The van der Waals surface area contributed by atoms with Crippen LogP contribution in [0.3, 0.4) is 0 Å². The van der Waals surface area contributed by atoms with Gasteiger partial charge in [0.05, 0.1) is 17.1 Å². The molecule has 1 aliphatic heterocycles. The van der Waals surface area contributed by atoms with Crippen LogP contribution >= 0.6 is 11.6 Å². The highest BCUT2D eigenvalue weighted by Crippen LogP contribution is 2.34. The number of ether oxygens (including phenoxy) is 1. The van der Waals surface area contributed by atoms with Gasteiger partial charge in [-0.2, -0.15) is 0 Å². The Balaban J connectivity index is 1.55. The second kappa shape index (κ2) is 7.97. The van der Waals surface area contributed by atoms with Crippen LogP contribution in [0.2, 0.25) is 5.02 Å². The van der Waals surface area contributed by atoms with Crippen LogP contribution in [0.1, 0.15) is 6.42 Å². The number of hydrogen-bond donors (Lipinski definition) is 1. The van der Waals surface area contributed by atoms with Gasteiger partial charge in [-0.15, -0.1) is 0 Å². The first-order chi connectivity index (χ1) is 14.7. The van der Waals surface area contributed by atoms with Gasteiger partial charge in [-0.25, -0.2) is 4.98 Å². The molecule has 0 bridgehead atoms. The molecule has 0 unspecified atom stereocenters.